The second kappa shape index (κ2) is 7.26. The van der Waals surface area contributed by atoms with Crippen molar-refractivity contribution < 1.29 is 38.4 Å². The van der Waals surface area contributed by atoms with E-state index in [-0.39, 0.29) is 9.79 Å². The van der Waals surface area contributed by atoms with Gasteiger partial charge in [-0.1, -0.05) is 0 Å². The lowest BCUT2D eigenvalue weighted by molar-refractivity contribution is -0.138. The standard InChI is InChI=1S/C14H8F6O3S2/c15-13(16,17)9-1-5-11(6-2-9)24(21)23-25(22)12-7-3-10(4-8-12)14(18,19)20/h1-8H. The maximum absolute atomic E-state index is 12.4. The van der Waals surface area contributed by atoms with Crippen molar-refractivity contribution in [3.05, 3.63) is 59.7 Å². The predicted molar refractivity (Wildman–Crippen MR) is 76.8 cm³/mol. The number of hydrogen-bond donors (Lipinski definition) is 0. The van der Waals surface area contributed by atoms with E-state index in [4.69, 9.17) is 0 Å². The van der Waals surface area contributed by atoms with Crippen molar-refractivity contribution in [1.82, 2.24) is 0 Å². The maximum Gasteiger partial charge on any atom is 0.416 e. The number of benzene rings is 2. The molecule has 0 N–H and O–H groups in total. The Hall–Kier alpha value is -1.72. The summed E-state index contributed by atoms with van der Waals surface area (Å²) in [5, 5.41) is 0. The zero-order valence-electron chi connectivity index (χ0n) is 11.9. The molecule has 25 heavy (non-hydrogen) atoms. The van der Waals surface area contributed by atoms with E-state index in [1.807, 2.05) is 0 Å². The van der Waals surface area contributed by atoms with Crippen LogP contribution in [0.5, 0.6) is 0 Å². The fraction of sp³-hybridized carbons (Fsp3) is 0.143. The monoisotopic (exact) mass is 402 g/mol. The first kappa shape index (κ1) is 19.6. The van der Waals surface area contributed by atoms with Gasteiger partial charge in [0.05, 0.1) is 20.9 Å². The molecule has 11 heteroatoms. The molecule has 136 valence electrons. The van der Waals surface area contributed by atoms with Gasteiger partial charge in [-0.05, 0) is 48.5 Å². The summed E-state index contributed by atoms with van der Waals surface area (Å²) in [4.78, 5) is -0.346. The molecule has 0 aliphatic heterocycles. The molecule has 0 aliphatic carbocycles. The largest absolute Gasteiger partial charge is 0.416 e. The number of hydrogen-bond acceptors (Lipinski definition) is 3. The summed E-state index contributed by atoms with van der Waals surface area (Å²) in [6.45, 7) is 0. The molecule has 0 atom stereocenters. The summed E-state index contributed by atoms with van der Waals surface area (Å²) in [7, 11) is 0. The van der Waals surface area contributed by atoms with Crippen LogP contribution in [0, 0.1) is 0 Å². The second-order valence-corrected chi connectivity index (χ2v) is 7.01. The highest BCUT2D eigenvalue weighted by molar-refractivity contribution is 7.93. The Morgan fingerprint density at radius 2 is 0.880 bits per heavy atom. The average molecular weight is 402 g/mol. The number of alkyl halides is 6. The van der Waals surface area contributed by atoms with Crippen molar-refractivity contribution in [1.29, 1.82) is 0 Å². The van der Waals surface area contributed by atoms with Crippen molar-refractivity contribution in [2.24, 2.45) is 0 Å². The van der Waals surface area contributed by atoms with Crippen LogP contribution in [0.3, 0.4) is 0 Å². The second-order valence-electron chi connectivity index (χ2n) is 4.58. The van der Waals surface area contributed by atoms with Gasteiger partial charge < -0.3 is 0 Å². The van der Waals surface area contributed by atoms with Crippen LogP contribution >= 0.6 is 0 Å². The van der Waals surface area contributed by atoms with Crippen molar-refractivity contribution in [2.75, 3.05) is 0 Å². The van der Waals surface area contributed by atoms with E-state index in [9.17, 15) is 34.8 Å². The average Bonchev–Trinajstić information content (AvgIpc) is 2.53. The Balaban J connectivity index is 2.08. The zero-order valence-corrected chi connectivity index (χ0v) is 13.6. The van der Waals surface area contributed by atoms with Gasteiger partial charge in [0.15, 0.2) is 0 Å². The minimum absolute atomic E-state index is 0.173. The van der Waals surface area contributed by atoms with Gasteiger partial charge in [-0.3, -0.25) is 0 Å². The van der Waals surface area contributed by atoms with E-state index >= 15 is 0 Å². The summed E-state index contributed by atoms with van der Waals surface area (Å²) in [6, 6.07) is 6.28. The highest BCUT2D eigenvalue weighted by atomic mass is 32.3. The summed E-state index contributed by atoms with van der Waals surface area (Å²) in [6.07, 6.45) is -9.13. The first-order valence-electron chi connectivity index (χ1n) is 6.35. The molecule has 0 heterocycles. The van der Waals surface area contributed by atoms with Gasteiger partial charge in [0, 0.05) is 0 Å². The minimum atomic E-state index is -4.57. The van der Waals surface area contributed by atoms with Crippen LogP contribution in [-0.2, 0) is 38.1 Å². The fourth-order valence-electron chi connectivity index (χ4n) is 1.64. The van der Waals surface area contributed by atoms with Crippen LogP contribution in [0.4, 0.5) is 26.3 Å². The van der Waals surface area contributed by atoms with Gasteiger partial charge in [0.25, 0.3) is 0 Å². The fourth-order valence-corrected chi connectivity index (χ4v) is 3.44. The van der Waals surface area contributed by atoms with Gasteiger partial charge >= 0.3 is 12.4 Å². The molecule has 0 amide bonds. The lowest BCUT2D eigenvalue weighted by atomic mass is 10.2. The lowest BCUT2D eigenvalue weighted by Crippen LogP contribution is -2.07. The van der Waals surface area contributed by atoms with Gasteiger partial charge in [0.1, 0.15) is 0 Å². The van der Waals surface area contributed by atoms with E-state index in [2.05, 4.69) is 3.63 Å². The third-order valence-corrected chi connectivity index (χ3v) is 5.17. The molecule has 2 aromatic rings. The lowest BCUT2D eigenvalue weighted by Gasteiger charge is -2.08. The summed E-state index contributed by atoms with van der Waals surface area (Å²) in [5.74, 6) is 0. The van der Waals surface area contributed by atoms with Gasteiger partial charge in [-0.25, -0.2) is 8.42 Å². The van der Waals surface area contributed by atoms with E-state index in [0.29, 0.717) is 24.3 Å². The maximum atomic E-state index is 12.4. The van der Waals surface area contributed by atoms with Gasteiger partial charge in [-0.2, -0.15) is 30.0 Å². The first-order chi connectivity index (χ1) is 11.5. The molecule has 0 aliphatic rings. The summed E-state index contributed by atoms with van der Waals surface area (Å²) in [5.41, 5.74) is -1.92. The normalized spacial score (nSPS) is 15.0. The minimum Gasteiger partial charge on any atom is -0.223 e. The molecule has 0 unspecified atom stereocenters. The van der Waals surface area contributed by atoms with Gasteiger partial charge in [-0.15, -0.1) is 0 Å². The number of halogens is 6. The zero-order chi connectivity index (χ0) is 18.8. The SMILES string of the molecule is O=S(OS(=O)c1ccc(C(F)(F)F)cc1)c1ccc(C(F)(F)F)cc1. The molecule has 0 saturated carbocycles. The highest BCUT2D eigenvalue weighted by Gasteiger charge is 2.31. The smallest absolute Gasteiger partial charge is 0.223 e. The van der Waals surface area contributed by atoms with Crippen LogP contribution in [-0.4, -0.2) is 8.42 Å². The molecular formula is C14H8F6O3S2. The molecule has 0 fully saturated rings. The van der Waals surface area contributed by atoms with Crippen LogP contribution in [0.15, 0.2) is 58.3 Å². The molecule has 0 aromatic heterocycles. The molecular weight excluding hydrogens is 394 g/mol. The molecule has 0 radical (unpaired) electrons. The predicted octanol–water partition coefficient (Wildman–Crippen LogP) is 4.49. The Labute approximate surface area is 142 Å². The van der Waals surface area contributed by atoms with Gasteiger partial charge in [0.2, 0.25) is 22.2 Å². The van der Waals surface area contributed by atoms with Crippen molar-refractivity contribution in [3.63, 3.8) is 0 Å². The van der Waals surface area contributed by atoms with E-state index < -0.39 is 45.6 Å². The molecule has 3 nitrogen and oxygen atoms in total. The Kier molecular flexibility index (Phi) is 5.69. The van der Waals surface area contributed by atoms with Crippen LogP contribution in [0.1, 0.15) is 11.1 Å². The third kappa shape index (κ3) is 5.13. The van der Waals surface area contributed by atoms with E-state index in [1.54, 1.807) is 0 Å². The first-order valence-corrected chi connectivity index (χ1v) is 8.50. The Bertz CT molecular complexity index is 715. The molecule has 0 saturated heterocycles. The Morgan fingerprint density at radius 1 is 0.600 bits per heavy atom. The Morgan fingerprint density at radius 3 is 1.12 bits per heavy atom. The van der Waals surface area contributed by atoms with Crippen molar-refractivity contribution in [2.45, 2.75) is 22.1 Å². The van der Waals surface area contributed by atoms with Crippen LogP contribution in [0.25, 0.3) is 0 Å². The highest BCUT2D eigenvalue weighted by Crippen LogP contribution is 2.31. The summed E-state index contributed by atoms with van der Waals surface area (Å²) < 4.78 is 103. The van der Waals surface area contributed by atoms with Crippen molar-refractivity contribution in [3.8, 4) is 0 Å². The molecule has 2 rings (SSSR count). The topological polar surface area (TPSA) is 43.4 Å². The third-order valence-electron chi connectivity index (χ3n) is 2.87. The molecule has 2 aromatic carbocycles. The van der Waals surface area contributed by atoms with Crippen molar-refractivity contribution >= 4 is 22.2 Å². The van der Waals surface area contributed by atoms with Crippen LogP contribution in [0.2, 0.25) is 0 Å². The van der Waals surface area contributed by atoms with E-state index in [1.165, 1.54) is 0 Å². The molecule has 0 spiro atoms. The van der Waals surface area contributed by atoms with Crippen LogP contribution < -0.4 is 0 Å². The quantitative estimate of drug-likeness (QED) is 0.708. The summed E-state index contributed by atoms with van der Waals surface area (Å²) >= 11 is -4.72. The van der Waals surface area contributed by atoms with E-state index in [0.717, 1.165) is 24.3 Å². The molecule has 0 bridgehead atoms. The number of rotatable bonds is 4.